The molecule has 0 spiro atoms. The van der Waals surface area contributed by atoms with Gasteiger partial charge < -0.3 is 10.6 Å². The Morgan fingerprint density at radius 3 is 2.88 bits per heavy atom. The summed E-state index contributed by atoms with van der Waals surface area (Å²) in [5.74, 6) is 0.153. The van der Waals surface area contributed by atoms with E-state index in [1.807, 2.05) is 7.05 Å². The van der Waals surface area contributed by atoms with Crippen molar-refractivity contribution in [2.24, 2.45) is 0 Å². The number of hydrogen-bond acceptors (Lipinski definition) is 3. The third kappa shape index (κ3) is 6.82. The minimum Gasteiger partial charge on any atom is -0.356 e. The number of amides is 1. The Morgan fingerprint density at radius 2 is 2.25 bits per heavy atom. The third-order valence-electron chi connectivity index (χ3n) is 2.15. The van der Waals surface area contributed by atoms with Crippen LogP contribution in [0.25, 0.3) is 0 Å². The van der Waals surface area contributed by atoms with Crippen molar-refractivity contribution in [1.29, 1.82) is 0 Å². The lowest BCUT2D eigenvalue weighted by Gasteiger charge is -2.03. The second-order valence-corrected chi connectivity index (χ2v) is 4.22. The van der Waals surface area contributed by atoms with E-state index in [4.69, 9.17) is 0 Å². The molecule has 1 amide bonds. The minimum absolute atomic E-state index is 0. The average molecular weight is 263 g/mol. The van der Waals surface area contributed by atoms with Gasteiger partial charge >= 0.3 is 0 Å². The molecule has 0 atom stereocenters. The lowest BCUT2D eigenvalue weighted by molar-refractivity contribution is -0.121. The summed E-state index contributed by atoms with van der Waals surface area (Å²) in [6.45, 7) is 1.65. The Labute approximate surface area is 107 Å². The fourth-order valence-corrected chi connectivity index (χ4v) is 2.00. The molecule has 0 saturated carbocycles. The summed E-state index contributed by atoms with van der Waals surface area (Å²) >= 11 is 1.69. The van der Waals surface area contributed by atoms with E-state index in [-0.39, 0.29) is 18.3 Å². The zero-order chi connectivity index (χ0) is 10.9. The number of thiophene rings is 1. The van der Waals surface area contributed by atoms with Crippen LogP contribution < -0.4 is 10.6 Å². The van der Waals surface area contributed by atoms with Gasteiger partial charge in [0.2, 0.25) is 5.91 Å². The number of nitrogens with one attached hydrogen (secondary N) is 2. The van der Waals surface area contributed by atoms with E-state index in [1.54, 1.807) is 11.3 Å². The van der Waals surface area contributed by atoms with Crippen LogP contribution in [-0.4, -0.2) is 26.0 Å². The second kappa shape index (κ2) is 9.63. The van der Waals surface area contributed by atoms with E-state index in [9.17, 15) is 4.79 Å². The molecule has 16 heavy (non-hydrogen) atoms. The Kier molecular flexibility index (Phi) is 9.28. The molecule has 0 aliphatic heterocycles. The van der Waals surface area contributed by atoms with Crippen LogP contribution in [0, 0.1) is 0 Å². The molecule has 0 aromatic carbocycles. The molecular weight excluding hydrogens is 244 g/mol. The van der Waals surface area contributed by atoms with Gasteiger partial charge in [0.1, 0.15) is 0 Å². The zero-order valence-corrected chi connectivity index (χ0v) is 11.1. The molecule has 3 nitrogen and oxygen atoms in total. The van der Waals surface area contributed by atoms with Crippen molar-refractivity contribution in [1.82, 2.24) is 10.6 Å². The van der Waals surface area contributed by atoms with Crippen molar-refractivity contribution in [3.63, 3.8) is 0 Å². The SMILES string of the molecule is CNCCCC(=O)NCCc1ccsc1.Cl. The first-order valence-electron chi connectivity index (χ1n) is 5.25. The largest absolute Gasteiger partial charge is 0.356 e. The van der Waals surface area contributed by atoms with Crippen LogP contribution in [0.3, 0.4) is 0 Å². The van der Waals surface area contributed by atoms with E-state index < -0.39 is 0 Å². The molecular formula is C11H19ClN2OS. The van der Waals surface area contributed by atoms with Gasteiger partial charge in [0.15, 0.2) is 0 Å². The van der Waals surface area contributed by atoms with Crippen molar-refractivity contribution in [2.75, 3.05) is 20.1 Å². The van der Waals surface area contributed by atoms with E-state index in [2.05, 4.69) is 27.5 Å². The first-order chi connectivity index (χ1) is 7.33. The van der Waals surface area contributed by atoms with Gasteiger partial charge in [-0.25, -0.2) is 0 Å². The molecule has 0 aliphatic carbocycles. The summed E-state index contributed by atoms with van der Waals surface area (Å²) in [5.41, 5.74) is 1.30. The van der Waals surface area contributed by atoms with E-state index in [1.165, 1.54) is 5.56 Å². The van der Waals surface area contributed by atoms with Crippen LogP contribution in [0.2, 0.25) is 0 Å². The smallest absolute Gasteiger partial charge is 0.220 e. The molecule has 0 radical (unpaired) electrons. The predicted molar refractivity (Wildman–Crippen MR) is 71.4 cm³/mol. The van der Waals surface area contributed by atoms with E-state index in [0.717, 1.165) is 25.9 Å². The fraction of sp³-hybridized carbons (Fsp3) is 0.545. The summed E-state index contributed by atoms with van der Waals surface area (Å²) in [7, 11) is 1.90. The highest BCUT2D eigenvalue weighted by Crippen LogP contribution is 2.05. The summed E-state index contributed by atoms with van der Waals surface area (Å²) in [5, 5.41) is 10.1. The van der Waals surface area contributed by atoms with Crippen molar-refractivity contribution >= 4 is 29.7 Å². The van der Waals surface area contributed by atoms with Gasteiger partial charge in [-0.1, -0.05) is 0 Å². The van der Waals surface area contributed by atoms with Gasteiger partial charge in [-0.05, 0) is 48.8 Å². The van der Waals surface area contributed by atoms with Gasteiger partial charge in [-0.2, -0.15) is 11.3 Å². The van der Waals surface area contributed by atoms with Crippen LogP contribution in [0.5, 0.6) is 0 Å². The maximum absolute atomic E-state index is 11.3. The number of carbonyl (C=O) groups excluding carboxylic acids is 1. The Bertz CT molecular complexity index is 278. The second-order valence-electron chi connectivity index (χ2n) is 3.44. The lowest BCUT2D eigenvalue weighted by atomic mass is 10.2. The highest BCUT2D eigenvalue weighted by atomic mass is 35.5. The van der Waals surface area contributed by atoms with Crippen molar-refractivity contribution in [3.05, 3.63) is 22.4 Å². The van der Waals surface area contributed by atoms with Gasteiger partial charge in [0.25, 0.3) is 0 Å². The standard InChI is InChI=1S/C11H18N2OS.ClH/c1-12-6-2-3-11(14)13-7-4-10-5-8-15-9-10;/h5,8-9,12H,2-4,6-7H2,1H3,(H,13,14);1H. The number of hydrogen-bond donors (Lipinski definition) is 2. The Hall–Kier alpha value is -0.580. The highest BCUT2D eigenvalue weighted by molar-refractivity contribution is 7.07. The molecule has 0 unspecified atom stereocenters. The summed E-state index contributed by atoms with van der Waals surface area (Å²) in [6.07, 6.45) is 2.45. The quantitative estimate of drug-likeness (QED) is 0.736. The molecule has 0 fully saturated rings. The van der Waals surface area contributed by atoms with Crippen LogP contribution >= 0.6 is 23.7 Å². The highest BCUT2D eigenvalue weighted by Gasteiger charge is 2.00. The van der Waals surface area contributed by atoms with Crippen molar-refractivity contribution in [3.8, 4) is 0 Å². The Balaban J connectivity index is 0.00000225. The Morgan fingerprint density at radius 1 is 1.44 bits per heavy atom. The molecule has 92 valence electrons. The normalized spacial score (nSPS) is 9.56. The predicted octanol–water partition coefficient (Wildman–Crippen LogP) is 1.83. The van der Waals surface area contributed by atoms with Crippen molar-refractivity contribution < 1.29 is 4.79 Å². The topological polar surface area (TPSA) is 41.1 Å². The van der Waals surface area contributed by atoms with Crippen LogP contribution in [0.1, 0.15) is 18.4 Å². The van der Waals surface area contributed by atoms with Crippen LogP contribution in [0.15, 0.2) is 16.8 Å². The summed E-state index contributed by atoms with van der Waals surface area (Å²) in [4.78, 5) is 11.3. The number of halogens is 1. The van der Waals surface area contributed by atoms with Crippen molar-refractivity contribution in [2.45, 2.75) is 19.3 Å². The summed E-state index contributed by atoms with van der Waals surface area (Å²) in [6, 6.07) is 2.10. The third-order valence-corrected chi connectivity index (χ3v) is 2.88. The van der Waals surface area contributed by atoms with Gasteiger partial charge in [-0.3, -0.25) is 4.79 Å². The first-order valence-corrected chi connectivity index (χ1v) is 6.19. The molecule has 0 bridgehead atoms. The van der Waals surface area contributed by atoms with Crippen LogP contribution in [0.4, 0.5) is 0 Å². The number of rotatable bonds is 7. The molecule has 2 N–H and O–H groups in total. The lowest BCUT2D eigenvalue weighted by Crippen LogP contribution is -2.26. The van der Waals surface area contributed by atoms with Gasteiger partial charge in [0.05, 0.1) is 0 Å². The molecule has 5 heteroatoms. The monoisotopic (exact) mass is 262 g/mol. The molecule has 1 aromatic heterocycles. The average Bonchev–Trinajstić information content (AvgIpc) is 2.71. The molecule has 1 heterocycles. The molecule has 1 aromatic rings. The van der Waals surface area contributed by atoms with E-state index in [0.29, 0.717) is 6.42 Å². The van der Waals surface area contributed by atoms with E-state index >= 15 is 0 Å². The van der Waals surface area contributed by atoms with Gasteiger partial charge in [0, 0.05) is 13.0 Å². The fourth-order valence-electron chi connectivity index (χ4n) is 1.30. The first kappa shape index (κ1) is 15.4. The van der Waals surface area contributed by atoms with Gasteiger partial charge in [-0.15, -0.1) is 12.4 Å². The molecule has 1 rings (SSSR count). The minimum atomic E-state index is 0. The number of carbonyl (C=O) groups is 1. The van der Waals surface area contributed by atoms with Crippen LogP contribution in [-0.2, 0) is 11.2 Å². The molecule has 0 aliphatic rings. The maximum atomic E-state index is 11.3. The maximum Gasteiger partial charge on any atom is 0.220 e. The summed E-state index contributed by atoms with van der Waals surface area (Å²) < 4.78 is 0. The molecule has 0 saturated heterocycles. The zero-order valence-electron chi connectivity index (χ0n) is 9.49.